The lowest BCUT2D eigenvalue weighted by Crippen LogP contribution is -2.34. The van der Waals surface area contributed by atoms with E-state index in [1.165, 1.54) is 6.07 Å². The largest absolute Gasteiger partial charge is 0.376 e. The van der Waals surface area contributed by atoms with Gasteiger partial charge in [0.25, 0.3) is 5.56 Å². The van der Waals surface area contributed by atoms with Crippen LogP contribution in [0.1, 0.15) is 18.4 Å². The van der Waals surface area contributed by atoms with Crippen molar-refractivity contribution in [2.45, 2.75) is 25.9 Å². The molecule has 1 aromatic carbocycles. The molecule has 0 unspecified atom stereocenters. The molecule has 0 amide bonds. The van der Waals surface area contributed by atoms with Gasteiger partial charge in [-0.15, -0.1) is 0 Å². The summed E-state index contributed by atoms with van der Waals surface area (Å²) >= 11 is 0. The van der Waals surface area contributed by atoms with Crippen LogP contribution in [0.2, 0.25) is 0 Å². The summed E-state index contributed by atoms with van der Waals surface area (Å²) in [5, 5.41) is 3.07. The van der Waals surface area contributed by atoms with Gasteiger partial charge in [-0.25, -0.2) is 9.36 Å². The molecule has 0 spiro atoms. The van der Waals surface area contributed by atoms with E-state index in [4.69, 9.17) is 4.74 Å². The highest BCUT2D eigenvalue weighted by atomic mass is 16.5. The fraction of sp³-hybridized carbons (Fsp3) is 0.375. The van der Waals surface area contributed by atoms with Gasteiger partial charge in [-0.2, -0.15) is 0 Å². The van der Waals surface area contributed by atoms with Gasteiger partial charge in [-0.05, 0) is 31.4 Å². The third kappa shape index (κ3) is 2.96. The molecular weight excluding hydrogens is 282 g/mol. The molecule has 2 N–H and O–H groups in total. The molecule has 0 radical (unpaired) electrons. The maximum atomic E-state index is 12.3. The highest BCUT2D eigenvalue weighted by molar-refractivity contribution is 5.41. The fourth-order valence-electron chi connectivity index (χ4n) is 2.66. The Bertz CT molecular complexity index is 741. The highest BCUT2D eigenvalue weighted by Crippen LogP contribution is 2.12. The molecule has 0 aliphatic carbocycles. The molecule has 1 aliphatic rings. The highest BCUT2D eigenvalue weighted by Gasteiger charge is 2.15. The molecule has 2 aromatic rings. The quantitative estimate of drug-likeness (QED) is 0.895. The lowest BCUT2D eigenvalue weighted by molar-refractivity contribution is 0.120. The number of ether oxygens (including phenoxy) is 1. The first kappa shape index (κ1) is 14.6. The first-order valence-electron chi connectivity index (χ1n) is 7.43. The van der Waals surface area contributed by atoms with Crippen molar-refractivity contribution in [1.82, 2.24) is 9.55 Å². The Balaban J connectivity index is 1.87. The SMILES string of the molecule is Cc1ccccc1-n1c(=O)cc(NC[C@H]2CCCO2)[nH]c1=O. The number of aryl methyl sites for hydroxylation is 1. The summed E-state index contributed by atoms with van der Waals surface area (Å²) in [6.07, 6.45) is 2.19. The van der Waals surface area contributed by atoms with Gasteiger partial charge in [0.05, 0.1) is 11.8 Å². The van der Waals surface area contributed by atoms with Gasteiger partial charge in [0.2, 0.25) is 0 Å². The predicted octanol–water partition coefficient (Wildman–Crippen LogP) is 1.43. The van der Waals surface area contributed by atoms with Crippen molar-refractivity contribution in [2.75, 3.05) is 18.5 Å². The maximum absolute atomic E-state index is 12.3. The number of aromatic amines is 1. The minimum atomic E-state index is -0.448. The summed E-state index contributed by atoms with van der Waals surface area (Å²) in [5.74, 6) is 0.426. The minimum Gasteiger partial charge on any atom is -0.376 e. The van der Waals surface area contributed by atoms with Crippen molar-refractivity contribution in [1.29, 1.82) is 0 Å². The van der Waals surface area contributed by atoms with Crippen molar-refractivity contribution in [2.24, 2.45) is 0 Å². The third-order valence-electron chi connectivity index (χ3n) is 3.83. The van der Waals surface area contributed by atoms with E-state index in [9.17, 15) is 9.59 Å². The summed E-state index contributed by atoms with van der Waals surface area (Å²) in [6.45, 7) is 3.23. The van der Waals surface area contributed by atoms with E-state index in [0.29, 0.717) is 18.1 Å². The van der Waals surface area contributed by atoms with Gasteiger partial charge >= 0.3 is 5.69 Å². The van der Waals surface area contributed by atoms with Crippen LogP contribution in [0.3, 0.4) is 0 Å². The zero-order chi connectivity index (χ0) is 15.5. The van der Waals surface area contributed by atoms with Crippen LogP contribution in [0.4, 0.5) is 5.82 Å². The van der Waals surface area contributed by atoms with Gasteiger partial charge in [0, 0.05) is 19.2 Å². The van der Waals surface area contributed by atoms with Crippen molar-refractivity contribution in [3.63, 3.8) is 0 Å². The molecule has 1 atom stereocenters. The molecule has 6 heteroatoms. The van der Waals surface area contributed by atoms with Gasteiger partial charge in [-0.3, -0.25) is 9.78 Å². The average molecular weight is 301 g/mol. The van der Waals surface area contributed by atoms with Crippen LogP contribution in [0.25, 0.3) is 5.69 Å². The van der Waals surface area contributed by atoms with E-state index in [1.807, 2.05) is 19.1 Å². The number of hydrogen-bond donors (Lipinski definition) is 2. The summed E-state index contributed by atoms with van der Waals surface area (Å²) in [5.41, 5.74) is 0.666. The smallest absolute Gasteiger partial charge is 0.334 e. The standard InChI is InChI=1S/C16H19N3O3/c1-11-5-2-3-7-13(11)19-15(20)9-14(18-16(19)21)17-10-12-6-4-8-22-12/h2-3,5,7,9,12,17H,4,6,8,10H2,1H3,(H,18,21)/t12-/m1/s1. The number of anilines is 1. The number of hydrogen-bond acceptors (Lipinski definition) is 4. The number of nitrogens with one attached hydrogen (secondary N) is 2. The van der Waals surface area contributed by atoms with Crippen LogP contribution in [0.5, 0.6) is 0 Å². The number of benzene rings is 1. The van der Waals surface area contributed by atoms with Crippen LogP contribution in [-0.2, 0) is 4.74 Å². The van der Waals surface area contributed by atoms with E-state index >= 15 is 0 Å². The molecule has 1 aromatic heterocycles. The van der Waals surface area contributed by atoms with Crippen LogP contribution >= 0.6 is 0 Å². The zero-order valence-electron chi connectivity index (χ0n) is 12.5. The molecule has 1 fully saturated rings. The van der Waals surface area contributed by atoms with E-state index in [0.717, 1.165) is 29.6 Å². The first-order valence-corrected chi connectivity index (χ1v) is 7.43. The minimum absolute atomic E-state index is 0.141. The second-order valence-electron chi connectivity index (χ2n) is 5.46. The Hall–Kier alpha value is -2.34. The van der Waals surface area contributed by atoms with Crippen LogP contribution < -0.4 is 16.6 Å². The van der Waals surface area contributed by atoms with Crippen LogP contribution in [-0.4, -0.2) is 28.8 Å². The average Bonchev–Trinajstić information content (AvgIpc) is 3.00. The Morgan fingerprint density at radius 1 is 1.36 bits per heavy atom. The Labute approximate surface area is 127 Å². The summed E-state index contributed by atoms with van der Waals surface area (Å²) < 4.78 is 6.65. The van der Waals surface area contributed by atoms with Crippen molar-refractivity contribution < 1.29 is 4.74 Å². The monoisotopic (exact) mass is 301 g/mol. The topological polar surface area (TPSA) is 76.1 Å². The number of H-pyrrole nitrogens is 1. The molecule has 1 saturated heterocycles. The molecule has 3 rings (SSSR count). The van der Waals surface area contributed by atoms with Crippen LogP contribution in [0, 0.1) is 6.92 Å². The van der Waals surface area contributed by atoms with Gasteiger partial charge in [-0.1, -0.05) is 18.2 Å². The van der Waals surface area contributed by atoms with Gasteiger partial charge < -0.3 is 10.1 Å². The normalized spacial score (nSPS) is 17.6. The molecule has 0 saturated carbocycles. The molecule has 1 aliphatic heterocycles. The number of rotatable bonds is 4. The van der Waals surface area contributed by atoms with E-state index in [2.05, 4.69) is 10.3 Å². The molecule has 6 nitrogen and oxygen atoms in total. The Morgan fingerprint density at radius 2 is 2.18 bits per heavy atom. The molecule has 0 bridgehead atoms. The van der Waals surface area contributed by atoms with Gasteiger partial charge in [0.15, 0.2) is 0 Å². The summed E-state index contributed by atoms with van der Waals surface area (Å²) in [6, 6.07) is 8.70. The van der Waals surface area contributed by atoms with Crippen molar-refractivity contribution in [3.8, 4) is 5.69 Å². The molecule has 22 heavy (non-hydrogen) atoms. The zero-order valence-corrected chi connectivity index (χ0v) is 12.5. The Morgan fingerprint density at radius 3 is 2.86 bits per heavy atom. The molecule has 116 valence electrons. The second kappa shape index (κ2) is 6.19. The lowest BCUT2D eigenvalue weighted by atomic mass is 10.2. The summed E-state index contributed by atoms with van der Waals surface area (Å²) in [4.78, 5) is 27.2. The lowest BCUT2D eigenvalue weighted by Gasteiger charge is -2.13. The van der Waals surface area contributed by atoms with E-state index in [-0.39, 0.29) is 11.7 Å². The number of para-hydroxylation sites is 1. The van der Waals surface area contributed by atoms with E-state index < -0.39 is 5.69 Å². The second-order valence-corrected chi connectivity index (χ2v) is 5.46. The molecular formula is C16H19N3O3. The van der Waals surface area contributed by atoms with Crippen LogP contribution in [0.15, 0.2) is 39.9 Å². The maximum Gasteiger partial charge on any atom is 0.334 e. The third-order valence-corrected chi connectivity index (χ3v) is 3.83. The first-order chi connectivity index (χ1) is 10.6. The van der Waals surface area contributed by atoms with E-state index in [1.54, 1.807) is 12.1 Å². The van der Waals surface area contributed by atoms with Crippen molar-refractivity contribution >= 4 is 5.82 Å². The Kier molecular flexibility index (Phi) is 4.11. The summed E-state index contributed by atoms with van der Waals surface area (Å²) in [7, 11) is 0. The number of nitrogens with zero attached hydrogens (tertiary/aromatic N) is 1. The fourth-order valence-corrected chi connectivity index (χ4v) is 2.66. The van der Waals surface area contributed by atoms with Gasteiger partial charge in [0.1, 0.15) is 5.82 Å². The predicted molar refractivity (Wildman–Crippen MR) is 84.9 cm³/mol. The van der Waals surface area contributed by atoms with Crippen molar-refractivity contribution in [3.05, 3.63) is 56.7 Å². The number of aromatic nitrogens is 2. The molecule has 2 heterocycles.